The van der Waals surface area contributed by atoms with Crippen molar-refractivity contribution in [3.63, 3.8) is 0 Å². The summed E-state index contributed by atoms with van der Waals surface area (Å²) in [5.41, 5.74) is 1.58. The van der Waals surface area contributed by atoms with Gasteiger partial charge in [-0.15, -0.1) is 0 Å². The normalized spacial score (nSPS) is 16.6. The minimum atomic E-state index is -0.149. The van der Waals surface area contributed by atoms with Crippen LogP contribution < -0.4 is 0 Å². The van der Waals surface area contributed by atoms with Crippen LogP contribution in [0.5, 0.6) is 0 Å². The fraction of sp³-hybridized carbons (Fsp3) is 0.423. The summed E-state index contributed by atoms with van der Waals surface area (Å²) < 4.78 is 14.1. The summed E-state index contributed by atoms with van der Waals surface area (Å²) in [5.74, 6) is 5.91. The van der Waals surface area contributed by atoms with E-state index in [0.717, 1.165) is 43.6 Å². The van der Waals surface area contributed by atoms with Crippen molar-refractivity contribution in [3.8, 4) is 11.8 Å². The van der Waals surface area contributed by atoms with Gasteiger partial charge in [0.25, 0.3) is 5.91 Å². The molecule has 0 unspecified atom stereocenters. The van der Waals surface area contributed by atoms with E-state index in [0.29, 0.717) is 25.6 Å². The Morgan fingerprint density at radius 3 is 2.58 bits per heavy atom. The zero-order valence-electron chi connectivity index (χ0n) is 18.6. The van der Waals surface area contributed by atoms with Crippen molar-refractivity contribution in [2.45, 2.75) is 19.4 Å². The van der Waals surface area contributed by atoms with E-state index in [2.05, 4.69) is 21.6 Å². The number of hydrogen-bond donors (Lipinski definition) is 0. The molecule has 164 valence electrons. The molecule has 1 fully saturated rings. The van der Waals surface area contributed by atoms with E-state index in [1.54, 1.807) is 6.07 Å². The maximum atomic E-state index is 14.1. The number of hydrogen-bond acceptors (Lipinski definition) is 3. The lowest BCUT2D eigenvalue weighted by atomic mass is 9.96. The van der Waals surface area contributed by atoms with Gasteiger partial charge in [-0.3, -0.25) is 9.69 Å². The molecule has 2 aromatic rings. The zero-order chi connectivity index (χ0) is 22.1. The molecule has 1 aliphatic rings. The molecule has 0 N–H and O–H groups in total. The van der Waals surface area contributed by atoms with Crippen molar-refractivity contribution in [2.24, 2.45) is 5.92 Å². The number of likely N-dealkylation sites (N-methyl/N-ethyl adjacent to an activating group) is 1. The number of carbonyl (C=O) groups is 1. The van der Waals surface area contributed by atoms with Crippen molar-refractivity contribution in [1.29, 1.82) is 0 Å². The molecular formula is C26H32FN3O. The van der Waals surface area contributed by atoms with E-state index in [-0.39, 0.29) is 11.7 Å². The second-order valence-corrected chi connectivity index (χ2v) is 8.51. The summed E-state index contributed by atoms with van der Waals surface area (Å²) in [7, 11) is 4.02. The number of carbonyl (C=O) groups excluding carboxylic acids is 1. The predicted molar refractivity (Wildman–Crippen MR) is 123 cm³/mol. The third kappa shape index (κ3) is 7.50. The lowest BCUT2D eigenvalue weighted by Crippen LogP contribution is -2.44. The average molecular weight is 422 g/mol. The van der Waals surface area contributed by atoms with Gasteiger partial charge in [0.15, 0.2) is 0 Å². The van der Waals surface area contributed by atoms with Crippen molar-refractivity contribution in [2.75, 3.05) is 46.8 Å². The van der Waals surface area contributed by atoms with Crippen LogP contribution >= 0.6 is 0 Å². The van der Waals surface area contributed by atoms with Crippen molar-refractivity contribution < 1.29 is 9.18 Å². The summed E-state index contributed by atoms with van der Waals surface area (Å²) in [5, 5.41) is 0. The lowest BCUT2D eigenvalue weighted by Gasteiger charge is -2.35. The fourth-order valence-corrected chi connectivity index (χ4v) is 3.95. The smallest absolute Gasteiger partial charge is 0.298 e. The Morgan fingerprint density at radius 1 is 1.10 bits per heavy atom. The molecular weight excluding hydrogens is 389 g/mol. The van der Waals surface area contributed by atoms with Gasteiger partial charge in [0.2, 0.25) is 0 Å². The van der Waals surface area contributed by atoms with Crippen LogP contribution in [0, 0.1) is 23.6 Å². The van der Waals surface area contributed by atoms with Crippen molar-refractivity contribution in [1.82, 2.24) is 14.7 Å². The molecule has 5 heteroatoms. The van der Waals surface area contributed by atoms with Gasteiger partial charge in [-0.05, 0) is 57.6 Å². The Bertz CT molecular complexity index is 904. The van der Waals surface area contributed by atoms with Gasteiger partial charge in [0.1, 0.15) is 5.82 Å². The van der Waals surface area contributed by atoms with Gasteiger partial charge < -0.3 is 9.80 Å². The number of benzene rings is 2. The van der Waals surface area contributed by atoms with Gasteiger partial charge in [-0.25, -0.2) is 4.39 Å². The van der Waals surface area contributed by atoms with E-state index in [1.807, 2.05) is 61.5 Å². The highest BCUT2D eigenvalue weighted by molar-refractivity contribution is 5.94. The van der Waals surface area contributed by atoms with Crippen LogP contribution in [0.1, 0.15) is 24.0 Å². The Labute approximate surface area is 185 Å². The monoisotopic (exact) mass is 421 g/mol. The second kappa shape index (κ2) is 11.6. The lowest BCUT2D eigenvalue weighted by molar-refractivity contribution is -0.126. The van der Waals surface area contributed by atoms with E-state index < -0.39 is 0 Å². The highest BCUT2D eigenvalue weighted by atomic mass is 19.1. The Kier molecular flexibility index (Phi) is 8.63. The first-order chi connectivity index (χ1) is 15.0. The molecule has 0 radical (unpaired) electrons. The minimum absolute atomic E-state index is 0.128. The van der Waals surface area contributed by atoms with Gasteiger partial charge in [0, 0.05) is 49.8 Å². The van der Waals surface area contributed by atoms with E-state index in [4.69, 9.17) is 0 Å². The molecule has 3 rings (SSSR count). The number of amides is 1. The number of likely N-dealkylation sites (tertiary alicyclic amines) is 1. The van der Waals surface area contributed by atoms with Gasteiger partial charge >= 0.3 is 0 Å². The van der Waals surface area contributed by atoms with E-state index >= 15 is 0 Å². The minimum Gasteiger partial charge on any atom is -0.330 e. The average Bonchev–Trinajstić information content (AvgIpc) is 2.77. The van der Waals surface area contributed by atoms with Gasteiger partial charge in [0.05, 0.1) is 0 Å². The molecule has 1 heterocycles. The third-order valence-corrected chi connectivity index (χ3v) is 5.63. The molecule has 1 aliphatic heterocycles. The highest BCUT2D eigenvalue weighted by Gasteiger charge is 2.24. The second-order valence-electron chi connectivity index (χ2n) is 8.51. The Balaban J connectivity index is 1.63. The first-order valence-electron chi connectivity index (χ1n) is 11.0. The largest absolute Gasteiger partial charge is 0.330 e. The molecule has 0 aliphatic carbocycles. The first-order valence-corrected chi connectivity index (χ1v) is 11.0. The first kappa shape index (κ1) is 23.0. The molecule has 2 aromatic carbocycles. The fourth-order valence-electron chi connectivity index (χ4n) is 3.95. The molecule has 0 saturated carbocycles. The van der Waals surface area contributed by atoms with Crippen LogP contribution in [-0.4, -0.2) is 67.4 Å². The molecule has 1 atom stereocenters. The van der Waals surface area contributed by atoms with Gasteiger partial charge in [-0.1, -0.05) is 42.3 Å². The van der Waals surface area contributed by atoms with Crippen LogP contribution in [-0.2, 0) is 11.3 Å². The quantitative estimate of drug-likeness (QED) is 0.641. The molecule has 1 amide bonds. The standard InChI is InChI=1S/C26H32FN3O/c1-28(2)17-18-30(26(31)15-14-22-9-4-3-5-10-22)20-23-11-8-16-29(19-23)21-24-12-6-7-13-25(24)27/h3-7,9-10,12-13,23H,8,11,16-21H2,1-2H3/t23-/m1/s1. The van der Waals surface area contributed by atoms with Crippen LogP contribution in [0.4, 0.5) is 4.39 Å². The maximum absolute atomic E-state index is 14.1. The maximum Gasteiger partial charge on any atom is 0.298 e. The summed E-state index contributed by atoms with van der Waals surface area (Å²) in [6.07, 6.45) is 2.14. The summed E-state index contributed by atoms with van der Waals surface area (Å²) in [6.45, 7) is 4.58. The molecule has 0 spiro atoms. The number of nitrogens with zero attached hydrogens (tertiary/aromatic N) is 3. The molecule has 0 aromatic heterocycles. The summed E-state index contributed by atoms with van der Waals surface area (Å²) in [6, 6.07) is 16.6. The van der Waals surface area contributed by atoms with E-state index in [9.17, 15) is 9.18 Å². The summed E-state index contributed by atoms with van der Waals surface area (Å²) >= 11 is 0. The Hall–Kier alpha value is -2.68. The summed E-state index contributed by atoms with van der Waals surface area (Å²) in [4.78, 5) is 19.2. The molecule has 31 heavy (non-hydrogen) atoms. The Morgan fingerprint density at radius 2 is 1.84 bits per heavy atom. The van der Waals surface area contributed by atoms with Crippen LogP contribution in [0.2, 0.25) is 0 Å². The highest BCUT2D eigenvalue weighted by Crippen LogP contribution is 2.20. The zero-order valence-corrected chi connectivity index (χ0v) is 18.6. The number of piperidine rings is 1. The SMILES string of the molecule is CN(C)CCN(C[C@@H]1CCCN(Cc2ccccc2F)C1)C(=O)C#Cc1ccccc1. The number of rotatable bonds is 7. The number of halogens is 1. The predicted octanol–water partition coefficient (Wildman–Crippen LogP) is 3.48. The third-order valence-electron chi connectivity index (χ3n) is 5.63. The van der Waals surface area contributed by atoms with Gasteiger partial charge in [-0.2, -0.15) is 0 Å². The van der Waals surface area contributed by atoms with Crippen LogP contribution in [0.15, 0.2) is 54.6 Å². The van der Waals surface area contributed by atoms with Crippen molar-refractivity contribution >= 4 is 5.91 Å². The molecule has 0 bridgehead atoms. The van der Waals surface area contributed by atoms with Crippen LogP contribution in [0.25, 0.3) is 0 Å². The molecule has 1 saturated heterocycles. The van der Waals surface area contributed by atoms with E-state index in [1.165, 1.54) is 6.07 Å². The topological polar surface area (TPSA) is 26.8 Å². The van der Waals surface area contributed by atoms with Crippen LogP contribution in [0.3, 0.4) is 0 Å². The van der Waals surface area contributed by atoms with Crippen molar-refractivity contribution in [3.05, 3.63) is 71.5 Å². The molecule has 4 nitrogen and oxygen atoms in total.